The van der Waals surface area contributed by atoms with Crippen LogP contribution < -0.4 is 16.2 Å². The summed E-state index contributed by atoms with van der Waals surface area (Å²) in [6.45, 7) is 2.35. The van der Waals surface area contributed by atoms with Gasteiger partial charge in [-0.25, -0.2) is 4.79 Å². The summed E-state index contributed by atoms with van der Waals surface area (Å²) in [7, 11) is 1.63. The van der Waals surface area contributed by atoms with E-state index in [4.69, 9.17) is 0 Å². The fourth-order valence-corrected chi connectivity index (χ4v) is 2.32. The van der Waals surface area contributed by atoms with Crippen molar-refractivity contribution in [3.63, 3.8) is 0 Å². The molecule has 0 unspecified atom stereocenters. The Bertz CT molecular complexity index is 945. The number of amides is 2. The summed E-state index contributed by atoms with van der Waals surface area (Å²) < 4.78 is 3.13. The largest absolute Gasteiger partial charge is 0.324 e. The number of rotatable bonds is 4. The molecule has 0 aromatic carbocycles. The number of pyridine rings is 2. The van der Waals surface area contributed by atoms with Crippen molar-refractivity contribution in [2.24, 2.45) is 7.05 Å². The van der Waals surface area contributed by atoms with Gasteiger partial charge in [0.05, 0.1) is 12.2 Å². The number of hydrogen-bond acceptors (Lipinski definition) is 4. The summed E-state index contributed by atoms with van der Waals surface area (Å²) in [6, 6.07) is 6.58. The second-order valence-electron chi connectivity index (χ2n) is 5.65. The fourth-order valence-electron chi connectivity index (χ4n) is 2.32. The van der Waals surface area contributed by atoms with Crippen LogP contribution in [-0.2, 0) is 13.6 Å². The van der Waals surface area contributed by atoms with Gasteiger partial charge >= 0.3 is 6.03 Å². The molecule has 3 heterocycles. The predicted molar refractivity (Wildman–Crippen MR) is 94.6 cm³/mol. The lowest BCUT2D eigenvalue weighted by molar-refractivity contribution is 0.262. The average molecular weight is 338 g/mol. The predicted octanol–water partition coefficient (Wildman–Crippen LogP) is 1.98. The van der Waals surface area contributed by atoms with Crippen LogP contribution >= 0.6 is 0 Å². The number of hydrogen-bond donors (Lipinski definition) is 2. The maximum Gasteiger partial charge on any atom is 0.324 e. The molecule has 8 nitrogen and oxygen atoms in total. The van der Waals surface area contributed by atoms with Crippen LogP contribution in [0.4, 0.5) is 16.3 Å². The highest BCUT2D eigenvalue weighted by Crippen LogP contribution is 2.12. The minimum Gasteiger partial charge on any atom is -0.316 e. The molecule has 3 aromatic rings. The number of nitrogens with zero attached hydrogens (tertiary/aromatic N) is 4. The topological polar surface area (TPSA) is 93.8 Å². The van der Waals surface area contributed by atoms with Gasteiger partial charge in [0.1, 0.15) is 0 Å². The molecule has 0 bridgehead atoms. The molecule has 2 amide bonds. The van der Waals surface area contributed by atoms with Crippen molar-refractivity contribution in [1.82, 2.24) is 19.3 Å². The van der Waals surface area contributed by atoms with Crippen molar-refractivity contribution >= 4 is 17.5 Å². The minimum absolute atomic E-state index is 0.127. The summed E-state index contributed by atoms with van der Waals surface area (Å²) in [4.78, 5) is 27.6. The van der Waals surface area contributed by atoms with E-state index in [0.29, 0.717) is 23.6 Å². The maximum absolute atomic E-state index is 12.1. The third-order valence-electron chi connectivity index (χ3n) is 3.66. The van der Waals surface area contributed by atoms with Crippen molar-refractivity contribution in [2.45, 2.75) is 13.5 Å². The van der Waals surface area contributed by atoms with Gasteiger partial charge in [0, 0.05) is 44.0 Å². The maximum atomic E-state index is 12.1. The Morgan fingerprint density at radius 1 is 1.20 bits per heavy atom. The SMILES string of the molecule is Cc1cc(=O)n(C)cc1NC(=O)Nc1ccn(Cc2ccncc2)n1. The Labute approximate surface area is 144 Å². The van der Waals surface area contributed by atoms with E-state index in [2.05, 4.69) is 20.7 Å². The first-order chi connectivity index (χ1) is 12.0. The van der Waals surface area contributed by atoms with Crippen molar-refractivity contribution in [2.75, 3.05) is 10.6 Å². The van der Waals surface area contributed by atoms with Gasteiger partial charge in [-0.15, -0.1) is 0 Å². The van der Waals surface area contributed by atoms with E-state index < -0.39 is 6.03 Å². The Morgan fingerprint density at radius 3 is 2.72 bits per heavy atom. The molecule has 3 rings (SSSR count). The second kappa shape index (κ2) is 7.00. The van der Waals surface area contributed by atoms with Crippen molar-refractivity contribution < 1.29 is 4.79 Å². The first-order valence-corrected chi connectivity index (χ1v) is 7.69. The normalized spacial score (nSPS) is 10.5. The van der Waals surface area contributed by atoms with E-state index in [1.807, 2.05) is 12.1 Å². The minimum atomic E-state index is -0.420. The molecule has 0 aliphatic heterocycles. The molecule has 0 atom stereocenters. The van der Waals surface area contributed by atoms with Crippen LogP contribution in [0.25, 0.3) is 0 Å². The van der Waals surface area contributed by atoms with Crippen LogP contribution in [0.3, 0.4) is 0 Å². The molecule has 3 aromatic heterocycles. The third-order valence-corrected chi connectivity index (χ3v) is 3.66. The molecule has 25 heavy (non-hydrogen) atoms. The monoisotopic (exact) mass is 338 g/mol. The van der Waals surface area contributed by atoms with Gasteiger partial charge < -0.3 is 9.88 Å². The Morgan fingerprint density at radius 2 is 1.96 bits per heavy atom. The van der Waals surface area contributed by atoms with Crippen LogP contribution in [-0.4, -0.2) is 25.4 Å². The molecule has 2 N–H and O–H groups in total. The van der Waals surface area contributed by atoms with Gasteiger partial charge in [-0.1, -0.05) is 0 Å². The summed E-state index contributed by atoms with van der Waals surface area (Å²) in [5, 5.41) is 9.70. The molecule has 0 aliphatic carbocycles. The lowest BCUT2D eigenvalue weighted by atomic mass is 10.2. The van der Waals surface area contributed by atoms with Crippen LogP contribution in [0.1, 0.15) is 11.1 Å². The number of urea groups is 1. The summed E-state index contributed by atoms with van der Waals surface area (Å²) in [6.07, 6.45) is 6.81. The number of anilines is 2. The summed E-state index contributed by atoms with van der Waals surface area (Å²) >= 11 is 0. The van der Waals surface area contributed by atoms with E-state index in [1.54, 1.807) is 49.5 Å². The quantitative estimate of drug-likeness (QED) is 0.760. The highest BCUT2D eigenvalue weighted by Gasteiger charge is 2.08. The zero-order valence-electron chi connectivity index (χ0n) is 13.9. The van der Waals surface area contributed by atoms with E-state index in [9.17, 15) is 9.59 Å². The smallest absolute Gasteiger partial charge is 0.316 e. The van der Waals surface area contributed by atoms with Crippen LogP contribution in [0.5, 0.6) is 0 Å². The van der Waals surface area contributed by atoms with Crippen LogP contribution in [0, 0.1) is 6.92 Å². The van der Waals surface area contributed by atoms with E-state index in [1.165, 1.54) is 10.6 Å². The fraction of sp³-hybridized carbons (Fsp3) is 0.176. The number of carbonyl (C=O) groups excluding carboxylic acids is 1. The van der Waals surface area contributed by atoms with Crippen molar-refractivity contribution in [3.05, 3.63) is 70.5 Å². The zero-order chi connectivity index (χ0) is 17.8. The molecule has 128 valence electrons. The molecule has 0 aliphatic rings. The van der Waals surface area contributed by atoms with Crippen LogP contribution in [0.2, 0.25) is 0 Å². The van der Waals surface area contributed by atoms with Gasteiger partial charge in [0.25, 0.3) is 5.56 Å². The highest BCUT2D eigenvalue weighted by molar-refractivity contribution is 5.99. The Kier molecular flexibility index (Phi) is 4.60. The number of aryl methyl sites for hydroxylation is 2. The lowest BCUT2D eigenvalue weighted by Crippen LogP contribution is -2.23. The Hall–Kier alpha value is -3.42. The van der Waals surface area contributed by atoms with E-state index >= 15 is 0 Å². The van der Waals surface area contributed by atoms with Gasteiger partial charge in [0.15, 0.2) is 5.82 Å². The van der Waals surface area contributed by atoms with E-state index in [-0.39, 0.29) is 5.56 Å². The van der Waals surface area contributed by atoms with Crippen LogP contribution in [0.15, 0.2) is 53.8 Å². The highest BCUT2D eigenvalue weighted by atomic mass is 16.2. The molecule has 8 heteroatoms. The number of nitrogens with one attached hydrogen (secondary N) is 2. The molecule has 0 saturated carbocycles. The molecular formula is C17H18N6O2. The third kappa shape index (κ3) is 4.11. The molecule has 0 radical (unpaired) electrons. The van der Waals surface area contributed by atoms with Crippen molar-refractivity contribution in [3.8, 4) is 0 Å². The van der Waals surface area contributed by atoms with Gasteiger partial charge in [0.2, 0.25) is 0 Å². The van der Waals surface area contributed by atoms with Gasteiger partial charge in [-0.2, -0.15) is 5.10 Å². The van der Waals surface area contributed by atoms with Gasteiger partial charge in [-0.05, 0) is 30.2 Å². The average Bonchev–Trinajstić information content (AvgIpc) is 3.00. The van der Waals surface area contributed by atoms with Crippen molar-refractivity contribution in [1.29, 1.82) is 0 Å². The molecule has 0 spiro atoms. The second-order valence-corrected chi connectivity index (χ2v) is 5.65. The number of aromatic nitrogens is 4. The number of carbonyl (C=O) groups is 1. The van der Waals surface area contributed by atoms with E-state index in [0.717, 1.165) is 5.56 Å². The van der Waals surface area contributed by atoms with Gasteiger partial charge in [-0.3, -0.25) is 19.8 Å². The standard InChI is InChI=1S/C17H18N6O2/c1-12-9-16(24)22(2)11-14(12)19-17(25)20-15-5-8-23(21-15)10-13-3-6-18-7-4-13/h3-9,11H,10H2,1-2H3,(H2,19,20,21,25). The lowest BCUT2D eigenvalue weighted by Gasteiger charge is -2.10. The summed E-state index contributed by atoms with van der Waals surface area (Å²) in [5.41, 5.74) is 2.20. The molecular weight excluding hydrogens is 320 g/mol. The molecule has 0 saturated heterocycles. The Balaban J connectivity index is 1.64. The molecule has 0 fully saturated rings. The first-order valence-electron chi connectivity index (χ1n) is 7.69. The first kappa shape index (κ1) is 16.4. The summed E-state index contributed by atoms with van der Waals surface area (Å²) in [5.74, 6) is 0.439. The zero-order valence-corrected chi connectivity index (χ0v) is 13.9.